The van der Waals surface area contributed by atoms with Gasteiger partial charge in [-0.1, -0.05) is 0 Å². The lowest BCUT2D eigenvalue weighted by molar-refractivity contribution is 0.00569. The van der Waals surface area contributed by atoms with E-state index in [0.29, 0.717) is 24.5 Å². The predicted molar refractivity (Wildman–Crippen MR) is 93.5 cm³/mol. The van der Waals surface area contributed by atoms with E-state index >= 15 is 0 Å². The molecule has 7 heteroatoms. The first kappa shape index (κ1) is 19.3. The second-order valence-electron chi connectivity index (χ2n) is 8.50. The number of carbonyl (C=O) groups is 2. The third-order valence-corrected chi connectivity index (χ3v) is 3.78. The molecule has 0 aromatic carbocycles. The van der Waals surface area contributed by atoms with Crippen LogP contribution in [0.3, 0.4) is 0 Å². The minimum Gasteiger partial charge on any atom is -0.455 e. The van der Waals surface area contributed by atoms with E-state index in [1.165, 1.54) is 0 Å². The van der Waals surface area contributed by atoms with Crippen LogP contribution in [-0.2, 0) is 16.5 Å². The number of likely N-dealkylation sites (tertiary alicyclic amines) is 1. The summed E-state index contributed by atoms with van der Waals surface area (Å²) in [4.78, 5) is 30.8. The fourth-order valence-electron chi connectivity index (χ4n) is 2.80. The summed E-state index contributed by atoms with van der Waals surface area (Å²) >= 11 is 0. The van der Waals surface area contributed by atoms with Crippen LogP contribution >= 0.6 is 0 Å². The van der Waals surface area contributed by atoms with Gasteiger partial charge in [0.05, 0.1) is 12.0 Å². The second-order valence-corrected chi connectivity index (χ2v) is 8.50. The molecular weight excluding hydrogens is 322 g/mol. The molecule has 2 heterocycles. The first-order valence-electron chi connectivity index (χ1n) is 8.60. The van der Waals surface area contributed by atoms with Gasteiger partial charge in [0.1, 0.15) is 11.2 Å². The molecule has 0 radical (unpaired) electrons. The molecule has 1 amide bonds. The molecule has 1 fully saturated rings. The Kier molecular flexibility index (Phi) is 5.16. The molecule has 0 aliphatic carbocycles. The van der Waals surface area contributed by atoms with Gasteiger partial charge in [0, 0.05) is 26.1 Å². The van der Waals surface area contributed by atoms with Crippen LogP contribution in [0, 0.1) is 0 Å². The number of rotatable bonds is 2. The summed E-state index contributed by atoms with van der Waals surface area (Å²) in [6.07, 6.45) is 2.03. The van der Waals surface area contributed by atoms with Crippen molar-refractivity contribution in [2.24, 2.45) is 7.05 Å². The monoisotopic (exact) mass is 351 g/mol. The quantitative estimate of drug-likeness (QED) is 0.766. The van der Waals surface area contributed by atoms with E-state index in [1.54, 1.807) is 22.8 Å². The molecule has 140 valence electrons. The highest BCUT2D eigenvalue weighted by Crippen LogP contribution is 2.30. The van der Waals surface area contributed by atoms with Gasteiger partial charge in [-0.15, -0.1) is 0 Å². The molecule has 1 atom stereocenters. The van der Waals surface area contributed by atoms with Gasteiger partial charge in [-0.2, -0.15) is 0 Å². The first-order chi connectivity index (χ1) is 11.4. The molecule has 1 saturated heterocycles. The van der Waals surface area contributed by atoms with Crippen molar-refractivity contribution >= 4 is 12.1 Å². The molecule has 1 aromatic heterocycles. The number of esters is 1. The summed E-state index contributed by atoms with van der Waals surface area (Å²) in [6, 6.07) is 0. The maximum Gasteiger partial charge on any atom is 0.410 e. The normalized spacial score (nSPS) is 18.4. The Morgan fingerprint density at radius 1 is 1.12 bits per heavy atom. The number of carbonyl (C=O) groups excluding carboxylic acids is 2. The molecule has 25 heavy (non-hydrogen) atoms. The van der Waals surface area contributed by atoms with Gasteiger partial charge in [0.25, 0.3) is 0 Å². The van der Waals surface area contributed by atoms with E-state index < -0.39 is 17.2 Å². The van der Waals surface area contributed by atoms with Gasteiger partial charge in [-0.05, 0) is 48.0 Å². The van der Waals surface area contributed by atoms with Crippen LogP contribution < -0.4 is 0 Å². The molecule has 1 aromatic rings. The Hall–Kier alpha value is -2.05. The lowest BCUT2D eigenvalue weighted by Gasteiger charge is -2.24. The van der Waals surface area contributed by atoms with Crippen LogP contribution in [0.5, 0.6) is 0 Å². The van der Waals surface area contributed by atoms with Crippen molar-refractivity contribution in [1.29, 1.82) is 0 Å². The lowest BCUT2D eigenvalue weighted by Crippen LogP contribution is -2.35. The molecule has 7 nitrogen and oxygen atoms in total. The number of hydrogen-bond donors (Lipinski definition) is 0. The predicted octanol–water partition coefficient (Wildman–Crippen LogP) is 3.10. The summed E-state index contributed by atoms with van der Waals surface area (Å²) < 4.78 is 12.6. The smallest absolute Gasteiger partial charge is 0.410 e. The number of aryl methyl sites for hydroxylation is 1. The van der Waals surface area contributed by atoms with E-state index in [9.17, 15) is 9.59 Å². The van der Waals surface area contributed by atoms with Gasteiger partial charge in [0.2, 0.25) is 0 Å². The molecule has 2 rings (SSSR count). The largest absolute Gasteiger partial charge is 0.455 e. The Labute approximate surface area is 149 Å². The molecule has 1 unspecified atom stereocenters. The van der Waals surface area contributed by atoms with Gasteiger partial charge < -0.3 is 18.9 Å². The summed E-state index contributed by atoms with van der Waals surface area (Å²) in [7, 11) is 1.77. The van der Waals surface area contributed by atoms with Gasteiger partial charge >= 0.3 is 12.1 Å². The average Bonchev–Trinajstić information content (AvgIpc) is 3.00. The van der Waals surface area contributed by atoms with Gasteiger partial charge in [-0.25, -0.2) is 14.6 Å². The van der Waals surface area contributed by atoms with Crippen LogP contribution in [0.25, 0.3) is 0 Å². The third-order valence-electron chi connectivity index (χ3n) is 3.78. The fraction of sp³-hybridized carbons (Fsp3) is 0.722. The van der Waals surface area contributed by atoms with Gasteiger partial charge in [-0.3, -0.25) is 0 Å². The Balaban J connectivity index is 2.14. The molecule has 0 N–H and O–H groups in total. The Morgan fingerprint density at radius 3 is 2.28 bits per heavy atom. The van der Waals surface area contributed by atoms with Crippen molar-refractivity contribution in [3.05, 3.63) is 17.7 Å². The van der Waals surface area contributed by atoms with Gasteiger partial charge in [0.15, 0.2) is 5.69 Å². The highest BCUT2D eigenvalue weighted by atomic mass is 16.6. The maximum absolute atomic E-state index is 12.5. The zero-order valence-corrected chi connectivity index (χ0v) is 16.3. The molecule has 0 spiro atoms. The second kappa shape index (κ2) is 6.69. The Bertz CT molecular complexity index is 652. The van der Waals surface area contributed by atoms with E-state index in [0.717, 1.165) is 6.42 Å². The number of ether oxygens (including phenoxy) is 2. The highest BCUT2D eigenvalue weighted by molar-refractivity contribution is 5.89. The number of nitrogens with zero attached hydrogens (tertiary/aromatic N) is 3. The number of hydrogen-bond acceptors (Lipinski definition) is 5. The van der Waals surface area contributed by atoms with E-state index in [4.69, 9.17) is 9.47 Å². The van der Waals surface area contributed by atoms with Crippen molar-refractivity contribution in [3.63, 3.8) is 0 Å². The summed E-state index contributed by atoms with van der Waals surface area (Å²) in [5.41, 5.74) is 0.0346. The zero-order chi connectivity index (χ0) is 19.0. The van der Waals surface area contributed by atoms with Crippen molar-refractivity contribution < 1.29 is 19.1 Å². The van der Waals surface area contributed by atoms with Crippen LogP contribution in [0.1, 0.15) is 70.1 Å². The lowest BCUT2D eigenvalue weighted by atomic mass is 10.0. The fourth-order valence-corrected chi connectivity index (χ4v) is 2.80. The van der Waals surface area contributed by atoms with Crippen LogP contribution in [0.2, 0.25) is 0 Å². The van der Waals surface area contributed by atoms with E-state index in [2.05, 4.69) is 4.98 Å². The zero-order valence-electron chi connectivity index (χ0n) is 16.3. The molecule has 0 bridgehead atoms. The number of aromatic nitrogens is 2. The molecular formula is C18H29N3O4. The third kappa shape index (κ3) is 4.96. The maximum atomic E-state index is 12.5. The van der Waals surface area contributed by atoms with Crippen LogP contribution in [-0.4, -0.2) is 50.8 Å². The van der Waals surface area contributed by atoms with Crippen molar-refractivity contribution in [3.8, 4) is 0 Å². The van der Waals surface area contributed by atoms with Crippen LogP contribution in [0.4, 0.5) is 4.79 Å². The van der Waals surface area contributed by atoms with Crippen LogP contribution in [0.15, 0.2) is 6.33 Å². The Morgan fingerprint density at radius 2 is 1.72 bits per heavy atom. The van der Waals surface area contributed by atoms with E-state index in [1.807, 2.05) is 41.5 Å². The van der Waals surface area contributed by atoms with E-state index in [-0.39, 0.29) is 12.0 Å². The number of imidazole rings is 1. The minimum atomic E-state index is -0.573. The molecule has 1 aliphatic heterocycles. The summed E-state index contributed by atoms with van der Waals surface area (Å²) in [5, 5.41) is 0. The van der Waals surface area contributed by atoms with Crippen molar-refractivity contribution in [1.82, 2.24) is 14.5 Å². The standard InChI is InChI=1S/C18H29N3O4/c1-17(2,3)24-15(22)14-13(19-11-20(14)7)12-8-9-21(10-12)16(23)25-18(4,5)6/h11-12H,8-10H2,1-7H3. The van der Waals surface area contributed by atoms with Crippen molar-refractivity contribution in [2.75, 3.05) is 13.1 Å². The number of amides is 1. The van der Waals surface area contributed by atoms with Crippen molar-refractivity contribution in [2.45, 2.75) is 65.1 Å². The minimum absolute atomic E-state index is 0.00348. The summed E-state index contributed by atoms with van der Waals surface area (Å²) in [5.74, 6) is -0.394. The topological polar surface area (TPSA) is 73.7 Å². The molecule has 1 aliphatic rings. The SMILES string of the molecule is Cn1cnc(C2CCN(C(=O)OC(C)(C)C)C2)c1C(=O)OC(C)(C)C. The first-order valence-corrected chi connectivity index (χ1v) is 8.60. The summed E-state index contributed by atoms with van der Waals surface area (Å²) in [6.45, 7) is 12.1. The average molecular weight is 351 g/mol. The highest BCUT2D eigenvalue weighted by Gasteiger charge is 2.35. The molecule has 0 saturated carbocycles.